The maximum absolute atomic E-state index is 11.9. The lowest BCUT2D eigenvalue weighted by Crippen LogP contribution is -2.45. The maximum atomic E-state index is 11.9. The average Bonchev–Trinajstić information content (AvgIpc) is 2.75. The summed E-state index contributed by atoms with van der Waals surface area (Å²) in [4.78, 5) is 23.2. The van der Waals surface area contributed by atoms with E-state index in [-0.39, 0.29) is 17.4 Å². The Kier molecular flexibility index (Phi) is 3.88. The van der Waals surface area contributed by atoms with Crippen LogP contribution in [-0.2, 0) is 0 Å². The van der Waals surface area contributed by atoms with Crippen molar-refractivity contribution in [1.29, 1.82) is 0 Å². The highest BCUT2D eigenvalue weighted by Gasteiger charge is 2.30. The molecule has 0 spiro atoms. The van der Waals surface area contributed by atoms with Crippen molar-refractivity contribution in [2.24, 2.45) is 0 Å². The van der Waals surface area contributed by atoms with E-state index in [1.165, 1.54) is 6.92 Å². The first-order valence-electron chi connectivity index (χ1n) is 6.69. The molecule has 102 valence electrons. The number of hydrogen-bond acceptors (Lipinski definition) is 2. The van der Waals surface area contributed by atoms with E-state index in [0.29, 0.717) is 11.3 Å². The van der Waals surface area contributed by atoms with Crippen LogP contribution in [0, 0.1) is 0 Å². The van der Waals surface area contributed by atoms with Gasteiger partial charge < -0.3 is 10.6 Å². The third kappa shape index (κ3) is 3.56. The molecule has 0 aliphatic heterocycles. The molecule has 1 fully saturated rings. The summed E-state index contributed by atoms with van der Waals surface area (Å²) in [6.07, 6.45) is 4.37. The summed E-state index contributed by atoms with van der Waals surface area (Å²) in [5.41, 5.74) is 1.15. The number of hydrogen-bond donors (Lipinski definition) is 2. The zero-order chi connectivity index (χ0) is 13.9. The van der Waals surface area contributed by atoms with E-state index in [1.54, 1.807) is 24.3 Å². The molecule has 2 rings (SSSR count). The second-order valence-electron chi connectivity index (χ2n) is 5.48. The molecule has 1 saturated carbocycles. The van der Waals surface area contributed by atoms with Gasteiger partial charge in [0.25, 0.3) is 0 Å². The highest BCUT2D eigenvalue weighted by molar-refractivity contribution is 5.96. The van der Waals surface area contributed by atoms with Crippen LogP contribution in [-0.4, -0.2) is 17.4 Å². The predicted molar refractivity (Wildman–Crippen MR) is 75.5 cm³/mol. The number of carbonyl (C=O) groups excluding carboxylic acids is 2. The van der Waals surface area contributed by atoms with Gasteiger partial charge in [-0.05, 0) is 38.8 Å². The van der Waals surface area contributed by atoms with Gasteiger partial charge in [-0.2, -0.15) is 0 Å². The zero-order valence-corrected chi connectivity index (χ0v) is 11.5. The van der Waals surface area contributed by atoms with Crippen molar-refractivity contribution in [2.75, 3.05) is 5.32 Å². The van der Waals surface area contributed by atoms with Gasteiger partial charge in [-0.15, -0.1) is 0 Å². The molecule has 0 aromatic heterocycles. The lowest BCUT2D eigenvalue weighted by molar-refractivity contribution is 0.101. The highest BCUT2D eigenvalue weighted by Crippen LogP contribution is 2.28. The van der Waals surface area contributed by atoms with Gasteiger partial charge in [0, 0.05) is 16.8 Å². The minimum atomic E-state index is -0.204. The van der Waals surface area contributed by atoms with E-state index in [4.69, 9.17) is 0 Å². The monoisotopic (exact) mass is 260 g/mol. The summed E-state index contributed by atoms with van der Waals surface area (Å²) in [7, 11) is 0. The Hall–Kier alpha value is -1.84. The van der Waals surface area contributed by atoms with Crippen molar-refractivity contribution in [3.63, 3.8) is 0 Å². The number of benzene rings is 1. The number of urea groups is 1. The quantitative estimate of drug-likeness (QED) is 0.819. The van der Waals surface area contributed by atoms with Crippen molar-refractivity contribution < 1.29 is 9.59 Å². The SMILES string of the molecule is CC(=O)c1cccc(NC(=O)NC2(C)CCCC2)c1. The average molecular weight is 260 g/mol. The van der Waals surface area contributed by atoms with Crippen LogP contribution in [0.4, 0.5) is 10.5 Å². The van der Waals surface area contributed by atoms with E-state index in [9.17, 15) is 9.59 Å². The third-order valence-electron chi connectivity index (χ3n) is 3.65. The molecule has 1 aromatic rings. The van der Waals surface area contributed by atoms with Crippen LogP contribution in [0.2, 0.25) is 0 Å². The molecule has 0 heterocycles. The highest BCUT2D eigenvalue weighted by atomic mass is 16.2. The van der Waals surface area contributed by atoms with Crippen molar-refractivity contribution >= 4 is 17.5 Å². The topological polar surface area (TPSA) is 58.2 Å². The Morgan fingerprint density at radius 3 is 2.53 bits per heavy atom. The molecule has 1 aliphatic carbocycles. The summed E-state index contributed by atoms with van der Waals surface area (Å²) in [5.74, 6) is -0.00758. The van der Waals surface area contributed by atoms with Gasteiger partial charge in [0.2, 0.25) is 0 Å². The van der Waals surface area contributed by atoms with Gasteiger partial charge in [0.1, 0.15) is 0 Å². The van der Waals surface area contributed by atoms with E-state index < -0.39 is 0 Å². The minimum absolute atomic E-state index is 0.00758. The van der Waals surface area contributed by atoms with E-state index in [0.717, 1.165) is 25.7 Å². The summed E-state index contributed by atoms with van der Waals surface area (Å²) in [6, 6.07) is 6.78. The third-order valence-corrected chi connectivity index (χ3v) is 3.65. The molecule has 1 aromatic carbocycles. The molecule has 4 nitrogen and oxygen atoms in total. The van der Waals surface area contributed by atoms with Crippen LogP contribution in [0.5, 0.6) is 0 Å². The number of nitrogens with one attached hydrogen (secondary N) is 2. The number of amides is 2. The molecule has 1 aliphatic rings. The fourth-order valence-corrected chi connectivity index (χ4v) is 2.53. The van der Waals surface area contributed by atoms with Gasteiger partial charge in [-0.3, -0.25) is 4.79 Å². The number of Topliss-reactive ketones (excluding diaryl/α,β-unsaturated/α-hetero) is 1. The Balaban J connectivity index is 1.98. The molecule has 4 heteroatoms. The fourth-order valence-electron chi connectivity index (χ4n) is 2.53. The fraction of sp³-hybridized carbons (Fsp3) is 0.467. The Bertz CT molecular complexity index is 491. The Labute approximate surface area is 113 Å². The Morgan fingerprint density at radius 1 is 1.21 bits per heavy atom. The second-order valence-corrected chi connectivity index (χ2v) is 5.48. The normalized spacial score (nSPS) is 16.9. The van der Waals surface area contributed by atoms with Gasteiger partial charge in [-0.1, -0.05) is 25.0 Å². The first-order chi connectivity index (χ1) is 8.98. The van der Waals surface area contributed by atoms with Crippen LogP contribution in [0.25, 0.3) is 0 Å². The number of carbonyl (C=O) groups is 2. The van der Waals surface area contributed by atoms with Crippen LogP contribution >= 0.6 is 0 Å². The van der Waals surface area contributed by atoms with Gasteiger partial charge in [0.15, 0.2) is 5.78 Å². The van der Waals surface area contributed by atoms with Crippen molar-refractivity contribution in [1.82, 2.24) is 5.32 Å². The molecule has 2 N–H and O–H groups in total. The second kappa shape index (κ2) is 5.43. The number of rotatable bonds is 3. The minimum Gasteiger partial charge on any atom is -0.333 e. The van der Waals surface area contributed by atoms with Crippen molar-refractivity contribution in [3.8, 4) is 0 Å². The van der Waals surface area contributed by atoms with Crippen LogP contribution in [0.15, 0.2) is 24.3 Å². The zero-order valence-electron chi connectivity index (χ0n) is 11.5. The lowest BCUT2D eigenvalue weighted by Gasteiger charge is -2.25. The molecular formula is C15H20N2O2. The van der Waals surface area contributed by atoms with Gasteiger partial charge in [-0.25, -0.2) is 4.79 Å². The summed E-state index contributed by atoms with van der Waals surface area (Å²) < 4.78 is 0. The smallest absolute Gasteiger partial charge is 0.319 e. The molecule has 0 unspecified atom stereocenters. The van der Waals surface area contributed by atoms with Crippen LogP contribution in [0.3, 0.4) is 0 Å². The van der Waals surface area contributed by atoms with E-state index in [1.807, 2.05) is 0 Å². The molecule has 0 saturated heterocycles. The predicted octanol–water partition coefficient (Wildman–Crippen LogP) is 3.34. The molecule has 0 atom stereocenters. The van der Waals surface area contributed by atoms with Crippen molar-refractivity contribution in [3.05, 3.63) is 29.8 Å². The largest absolute Gasteiger partial charge is 0.333 e. The summed E-state index contributed by atoms with van der Waals surface area (Å²) in [5, 5.41) is 5.80. The standard InChI is InChI=1S/C15H20N2O2/c1-11(18)12-6-5-7-13(10-12)16-14(19)17-15(2)8-3-4-9-15/h5-7,10H,3-4,8-9H2,1-2H3,(H2,16,17,19). The van der Waals surface area contributed by atoms with Crippen LogP contribution < -0.4 is 10.6 Å². The number of anilines is 1. The molecule has 0 bridgehead atoms. The molecule has 2 amide bonds. The first kappa shape index (κ1) is 13.6. The Morgan fingerprint density at radius 2 is 1.89 bits per heavy atom. The number of ketones is 1. The first-order valence-corrected chi connectivity index (χ1v) is 6.69. The molecule has 0 radical (unpaired) electrons. The summed E-state index contributed by atoms with van der Waals surface area (Å²) in [6.45, 7) is 3.59. The molecule has 19 heavy (non-hydrogen) atoms. The van der Waals surface area contributed by atoms with E-state index in [2.05, 4.69) is 17.6 Å². The van der Waals surface area contributed by atoms with Crippen LogP contribution in [0.1, 0.15) is 49.9 Å². The van der Waals surface area contributed by atoms with E-state index >= 15 is 0 Å². The van der Waals surface area contributed by atoms with Gasteiger partial charge in [0.05, 0.1) is 0 Å². The lowest BCUT2D eigenvalue weighted by atomic mass is 10.0. The van der Waals surface area contributed by atoms with Gasteiger partial charge >= 0.3 is 6.03 Å². The maximum Gasteiger partial charge on any atom is 0.319 e. The summed E-state index contributed by atoms with van der Waals surface area (Å²) >= 11 is 0. The van der Waals surface area contributed by atoms with Crippen molar-refractivity contribution in [2.45, 2.75) is 45.1 Å². The molecular weight excluding hydrogens is 240 g/mol.